The minimum Gasteiger partial charge on any atom is -0.497 e. The first-order valence-electron chi connectivity index (χ1n) is 6.63. The number of fused-ring (bicyclic) bond motifs is 1. The quantitative estimate of drug-likeness (QED) is 0.797. The lowest BCUT2D eigenvalue weighted by Gasteiger charge is -2.07. The lowest BCUT2D eigenvalue weighted by Crippen LogP contribution is -2.22. The number of hydrogen-bond acceptors (Lipinski definition) is 3. The van der Waals surface area contributed by atoms with E-state index in [2.05, 4.69) is 11.4 Å². The first kappa shape index (κ1) is 13.2. The Kier molecular flexibility index (Phi) is 3.60. The molecular weight excluding hydrogens is 266 g/mol. The van der Waals surface area contributed by atoms with Crippen LogP contribution in [0.2, 0.25) is 0 Å². The number of ether oxygens (including phenoxy) is 1. The molecular formula is C17H15NO3. The second-order valence-electron chi connectivity index (χ2n) is 4.74. The van der Waals surface area contributed by atoms with Gasteiger partial charge in [0, 0.05) is 6.54 Å². The molecule has 0 aliphatic rings. The van der Waals surface area contributed by atoms with Crippen LogP contribution < -0.4 is 10.1 Å². The molecule has 1 aromatic heterocycles. The second kappa shape index (κ2) is 5.71. The Morgan fingerprint density at radius 1 is 1.14 bits per heavy atom. The van der Waals surface area contributed by atoms with Crippen LogP contribution in [0.3, 0.4) is 0 Å². The summed E-state index contributed by atoms with van der Waals surface area (Å²) < 4.78 is 10.1. The van der Waals surface area contributed by atoms with Crippen molar-refractivity contribution in [2.75, 3.05) is 7.11 Å². The number of furan rings is 1. The molecule has 3 aromatic rings. The molecule has 0 saturated carbocycles. The Morgan fingerprint density at radius 2 is 1.95 bits per heavy atom. The van der Waals surface area contributed by atoms with Gasteiger partial charge in [-0.2, -0.15) is 0 Å². The van der Waals surface area contributed by atoms with E-state index in [-0.39, 0.29) is 5.91 Å². The zero-order valence-electron chi connectivity index (χ0n) is 11.6. The van der Waals surface area contributed by atoms with Crippen LogP contribution in [0.4, 0.5) is 0 Å². The predicted octanol–water partition coefficient (Wildman–Crippen LogP) is 3.37. The van der Waals surface area contributed by atoms with Crippen molar-refractivity contribution in [2.24, 2.45) is 0 Å². The first-order valence-corrected chi connectivity index (χ1v) is 6.63. The van der Waals surface area contributed by atoms with Gasteiger partial charge in [0.1, 0.15) is 12.0 Å². The fourth-order valence-electron chi connectivity index (χ4n) is 2.19. The fraction of sp³-hybridized carbons (Fsp3) is 0.118. The van der Waals surface area contributed by atoms with Crippen molar-refractivity contribution >= 4 is 16.7 Å². The first-order chi connectivity index (χ1) is 10.3. The number of methoxy groups -OCH3 is 1. The number of carbonyl (C=O) groups excluding carboxylic acids is 1. The van der Waals surface area contributed by atoms with Gasteiger partial charge < -0.3 is 14.5 Å². The molecule has 4 heteroatoms. The smallest absolute Gasteiger partial charge is 0.254 e. The van der Waals surface area contributed by atoms with Crippen molar-refractivity contribution in [1.82, 2.24) is 5.32 Å². The average Bonchev–Trinajstić information content (AvgIpc) is 3.06. The Hall–Kier alpha value is -2.75. The van der Waals surface area contributed by atoms with Crippen LogP contribution in [-0.4, -0.2) is 13.0 Å². The second-order valence-corrected chi connectivity index (χ2v) is 4.74. The maximum absolute atomic E-state index is 11.8. The summed E-state index contributed by atoms with van der Waals surface area (Å²) in [5.41, 5.74) is 1.57. The SMILES string of the molecule is COc1ccc2cc(CNC(=O)c3ccoc3)ccc2c1. The Bertz CT molecular complexity index is 763. The Balaban J connectivity index is 1.74. The summed E-state index contributed by atoms with van der Waals surface area (Å²) in [5, 5.41) is 5.09. The van der Waals surface area contributed by atoms with E-state index in [4.69, 9.17) is 9.15 Å². The van der Waals surface area contributed by atoms with Crippen molar-refractivity contribution in [3.63, 3.8) is 0 Å². The van der Waals surface area contributed by atoms with Crippen molar-refractivity contribution in [3.05, 3.63) is 66.1 Å². The topological polar surface area (TPSA) is 51.5 Å². The van der Waals surface area contributed by atoms with E-state index in [1.54, 1.807) is 13.2 Å². The minimum atomic E-state index is -0.140. The highest BCUT2D eigenvalue weighted by Gasteiger charge is 2.06. The number of rotatable bonds is 4. The van der Waals surface area contributed by atoms with E-state index in [0.29, 0.717) is 12.1 Å². The van der Waals surface area contributed by atoms with Crippen LogP contribution in [0, 0.1) is 0 Å². The maximum Gasteiger partial charge on any atom is 0.254 e. The molecule has 3 rings (SSSR count). The summed E-state index contributed by atoms with van der Waals surface area (Å²) in [6.45, 7) is 0.478. The number of carbonyl (C=O) groups is 1. The molecule has 1 heterocycles. The van der Waals surface area contributed by atoms with Gasteiger partial charge in [-0.15, -0.1) is 0 Å². The summed E-state index contributed by atoms with van der Waals surface area (Å²) in [4.78, 5) is 11.8. The minimum absolute atomic E-state index is 0.140. The van der Waals surface area contributed by atoms with Gasteiger partial charge in [0.05, 0.1) is 18.9 Å². The van der Waals surface area contributed by atoms with Gasteiger partial charge in [0.15, 0.2) is 0 Å². The van der Waals surface area contributed by atoms with Crippen molar-refractivity contribution < 1.29 is 13.9 Å². The molecule has 0 bridgehead atoms. The van der Waals surface area contributed by atoms with Crippen LogP contribution in [0.25, 0.3) is 10.8 Å². The zero-order valence-corrected chi connectivity index (χ0v) is 11.6. The third-order valence-corrected chi connectivity index (χ3v) is 3.35. The number of benzene rings is 2. The van der Waals surface area contributed by atoms with E-state index >= 15 is 0 Å². The molecule has 21 heavy (non-hydrogen) atoms. The van der Waals surface area contributed by atoms with Crippen molar-refractivity contribution in [2.45, 2.75) is 6.54 Å². The molecule has 2 aromatic carbocycles. The Morgan fingerprint density at radius 3 is 2.71 bits per heavy atom. The monoisotopic (exact) mass is 281 g/mol. The van der Waals surface area contributed by atoms with Crippen molar-refractivity contribution in [1.29, 1.82) is 0 Å². The van der Waals surface area contributed by atoms with Gasteiger partial charge in [0.25, 0.3) is 5.91 Å². The largest absolute Gasteiger partial charge is 0.497 e. The molecule has 0 spiro atoms. The molecule has 0 atom stereocenters. The van der Waals surface area contributed by atoms with E-state index in [0.717, 1.165) is 22.1 Å². The van der Waals surface area contributed by atoms with E-state index in [9.17, 15) is 4.79 Å². The molecule has 0 fully saturated rings. The summed E-state index contributed by atoms with van der Waals surface area (Å²) in [7, 11) is 1.65. The van der Waals surface area contributed by atoms with Gasteiger partial charge in [0.2, 0.25) is 0 Å². The molecule has 0 unspecified atom stereocenters. The summed E-state index contributed by atoms with van der Waals surface area (Å²) in [6.07, 6.45) is 2.92. The lowest BCUT2D eigenvalue weighted by molar-refractivity contribution is 0.0950. The van der Waals surface area contributed by atoms with Crippen LogP contribution in [0.1, 0.15) is 15.9 Å². The highest BCUT2D eigenvalue weighted by atomic mass is 16.5. The van der Waals surface area contributed by atoms with Gasteiger partial charge >= 0.3 is 0 Å². The number of amides is 1. The molecule has 0 radical (unpaired) electrons. The molecule has 0 aliphatic carbocycles. The van der Waals surface area contributed by atoms with E-state index in [1.165, 1.54) is 12.5 Å². The van der Waals surface area contributed by atoms with Gasteiger partial charge in [-0.25, -0.2) is 0 Å². The number of hydrogen-bond donors (Lipinski definition) is 1. The third-order valence-electron chi connectivity index (χ3n) is 3.35. The average molecular weight is 281 g/mol. The van der Waals surface area contributed by atoms with Gasteiger partial charge in [-0.1, -0.05) is 18.2 Å². The highest BCUT2D eigenvalue weighted by Crippen LogP contribution is 2.21. The Labute approximate surface area is 122 Å². The molecule has 106 valence electrons. The number of nitrogens with one attached hydrogen (secondary N) is 1. The van der Waals surface area contributed by atoms with Crippen molar-refractivity contribution in [3.8, 4) is 5.75 Å². The standard InChI is InChI=1S/C17H15NO3/c1-20-16-5-4-13-8-12(2-3-14(13)9-16)10-18-17(19)15-6-7-21-11-15/h2-9,11H,10H2,1H3,(H,18,19). The normalized spacial score (nSPS) is 10.5. The van der Waals surface area contributed by atoms with Crippen LogP contribution in [-0.2, 0) is 6.54 Å². The van der Waals surface area contributed by atoms with Crippen LogP contribution in [0.5, 0.6) is 5.75 Å². The lowest BCUT2D eigenvalue weighted by atomic mass is 10.1. The maximum atomic E-state index is 11.8. The highest BCUT2D eigenvalue weighted by molar-refractivity contribution is 5.93. The van der Waals surface area contributed by atoms with Gasteiger partial charge in [-0.3, -0.25) is 4.79 Å². The van der Waals surface area contributed by atoms with E-state index < -0.39 is 0 Å². The zero-order chi connectivity index (χ0) is 14.7. The van der Waals surface area contributed by atoms with Crippen LogP contribution >= 0.6 is 0 Å². The molecule has 4 nitrogen and oxygen atoms in total. The summed E-state index contributed by atoms with van der Waals surface area (Å²) >= 11 is 0. The molecule has 1 amide bonds. The van der Waals surface area contributed by atoms with E-state index in [1.807, 2.05) is 30.3 Å². The molecule has 1 N–H and O–H groups in total. The predicted molar refractivity (Wildman–Crippen MR) is 80.4 cm³/mol. The summed E-state index contributed by atoms with van der Waals surface area (Å²) in [6, 6.07) is 13.6. The fourth-order valence-corrected chi connectivity index (χ4v) is 2.19. The summed E-state index contributed by atoms with van der Waals surface area (Å²) in [5.74, 6) is 0.696. The molecule has 0 aliphatic heterocycles. The van der Waals surface area contributed by atoms with Crippen LogP contribution in [0.15, 0.2) is 59.4 Å². The third kappa shape index (κ3) is 2.89. The molecule has 0 saturated heterocycles. The van der Waals surface area contributed by atoms with Gasteiger partial charge in [-0.05, 0) is 40.6 Å².